The van der Waals surface area contributed by atoms with E-state index >= 15 is 0 Å². The van der Waals surface area contributed by atoms with E-state index in [2.05, 4.69) is 9.97 Å². The van der Waals surface area contributed by atoms with E-state index in [1.165, 1.54) is 135 Å². The third kappa shape index (κ3) is 10.7. The van der Waals surface area contributed by atoms with E-state index in [4.69, 9.17) is 9.97 Å². The molecule has 77 heavy (non-hydrogen) atoms. The second kappa shape index (κ2) is 21.3. The van der Waals surface area contributed by atoms with Gasteiger partial charge in [0.25, 0.3) is 23.3 Å². The molecule has 1 radical (unpaired) electrons. The molecule has 29 heteroatoms. The molecule has 0 saturated heterocycles. The van der Waals surface area contributed by atoms with Gasteiger partial charge in [-0.2, -0.15) is 0 Å². The fourth-order valence-corrected chi connectivity index (χ4v) is 9.35. The number of fused-ring (bicyclic) bond motifs is 8. The van der Waals surface area contributed by atoms with Gasteiger partial charge in [0, 0.05) is 0 Å². The van der Waals surface area contributed by atoms with Crippen molar-refractivity contribution in [3.8, 4) is 45.6 Å². The van der Waals surface area contributed by atoms with Crippen molar-refractivity contribution < 1.29 is 115 Å². The molecular formula is C48H42FeN12O16+7. The molecule has 0 spiro atoms. The number of hydrogen-bond acceptors (Lipinski definition) is 10. The molecule has 10 N–H and O–H groups in total. The Kier molecular flexibility index (Phi) is 14.7. The van der Waals surface area contributed by atoms with Gasteiger partial charge in [0.1, 0.15) is 71.8 Å². The van der Waals surface area contributed by atoms with E-state index in [0.29, 0.717) is 0 Å². The molecule has 2 aliphatic heterocycles. The Morgan fingerprint density at radius 1 is 0.364 bits per heavy atom. The molecule has 7 aromatic heterocycles. The van der Waals surface area contributed by atoms with E-state index < -0.39 is 100 Å². The molecule has 8 bridgehead atoms. The molecule has 0 aliphatic carbocycles. The van der Waals surface area contributed by atoms with Gasteiger partial charge in [0.05, 0.1) is 44.8 Å². The number of carboxylic acid groups (broad SMARTS) is 8. The number of carboxylic acids is 8. The number of carbonyl (C=O) groups is 8. The molecule has 0 fully saturated rings. The fourth-order valence-electron chi connectivity index (χ4n) is 9.35. The largest absolute Gasteiger partial charge is 3.00 e. The summed E-state index contributed by atoms with van der Waals surface area (Å²) in [6.07, 6.45) is 16.8. The number of hydrogen-bond donors (Lipinski definition) is 10. The zero-order chi connectivity index (χ0) is 54.3. The summed E-state index contributed by atoms with van der Waals surface area (Å²) >= 11 is 0. The molecule has 0 unspecified atom stereocenters. The van der Waals surface area contributed by atoms with Gasteiger partial charge in [-0.1, -0.05) is 0 Å². The number of imidazole rings is 4. The van der Waals surface area contributed by atoms with Crippen LogP contribution in [0.2, 0.25) is 0 Å². The van der Waals surface area contributed by atoms with Gasteiger partial charge in [-0.3, -0.25) is 0 Å². The van der Waals surface area contributed by atoms with Crippen molar-refractivity contribution in [2.24, 2.45) is 0 Å². The minimum absolute atomic E-state index is 0. The minimum atomic E-state index is -1.31. The Balaban J connectivity index is 0.00000784. The van der Waals surface area contributed by atoms with Crippen LogP contribution >= 0.6 is 0 Å². The van der Waals surface area contributed by atoms with Crippen molar-refractivity contribution in [2.45, 2.75) is 52.4 Å². The van der Waals surface area contributed by atoms with E-state index in [1.807, 2.05) is 0 Å². The summed E-state index contributed by atoms with van der Waals surface area (Å²) in [6.45, 7) is -5.53. The Bertz CT molecular complexity index is 3280. The van der Waals surface area contributed by atoms with Crippen molar-refractivity contribution in [1.29, 1.82) is 0 Å². The predicted molar refractivity (Wildman–Crippen MR) is 254 cm³/mol. The maximum Gasteiger partial charge on any atom is 3.00 e. The van der Waals surface area contributed by atoms with Crippen LogP contribution < -0.4 is 18.3 Å². The number of H-pyrrole nitrogens is 2. The van der Waals surface area contributed by atoms with Gasteiger partial charge in [0.15, 0.2) is 52.4 Å². The van der Waals surface area contributed by atoms with Gasteiger partial charge < -0.3 is 50.8 Å². The van der Waals surface area contributed by atoms with Crippen LogP contribution in [0.15, 0.2) is 73.8 Å². The summed E-state index contributed by atoms with van der Waals surface area (Å²) in [4.78, 5) is 116. The molecule has 9 rings (SSSR count). The number of nitrogens with one attached hydrogen (secondary N) is 2. The first-order valence-electron chi connectivity index (χ1n) is 22.5. The average molecular weight is 1100 g/mol. The van der Waals surface area contributed by atoms with E-state index in [1.54, 1.807) is 0 Å². The Hall–Kier alpha value is -10.3. The first kappa shape index (κ1) is 53.0. The van der Waals surface area contributed by atoms with Crippen LogP contribution in [0.4, 0.5) is 0 Å². The maximum atomic E-state index is 12.4. The normalized spacial score (nSPS) is 11.6. The Morgan fingerprint density at radius 3 is 0.753 bits per heavy atom. The topological polar surface area (TPSA) is 391 Å². The van der Waals surface area contributed by atoms with Crippen LogP contribution in [0.5, 0.6) is 0 Å². The Morgan fingerprint density at radius 2 is 0.571 bits per heavy atom. The third-order valence-corrected chi connectivity index (χ3v) is 12.0. The van der Waals surface area contributed by atoms with Crippen LogP contribution in [0.25, 0.3) is 91.9 Å². The summed E-state index contributed by atoms with van der Waals surface area (Å²) in [7, 11) is 0. The van der Waals surface area contributed by atoms with Crippen LogP contribution in [0.3, 0.4) is 0 Å². The molecule has 0 amide bonds. The van der Waals surface area contributed by atoms with Crippen molar-refractivity contribution in [2.75, 3.05) is 0 Å². The zero-order valence-corrected chi connectivity index (χ0v) is 40.7. The summed E-state index contributed by atoms with van der Waals surface area (Å²) in [6, 6.07) is 6.12. The van der Waals surface area contributed by atoms with Crippen LogP contribution in [0.1, 0.15) is 22.8 Å². The van der Waals surface area contributed by atoms with Crippen molar-refractivity contribution in [1.82, 2.24) is 38.2 Å². The molecule has 391 valence electrons. The maximum absolute atomic E-state index is 12.4. The molecule has 2 aliphatic rings. The monoisotopic (exact) mass is 1100 g/mol. The Labute approximate surface area is 440 Å². The number of rotatable bonds is 20. The second-order valence-corrected chi connectivity index (χ2v) is 17.2. The SMILES string of the molecule is O=C(O)Cn1cc[n+](CC(=O)O)c1-c1c2nc(c(-c3n(CC(=O)O)cc[n+]3CC(=O)O)c3ccc([nH]3)c(-c3n(CC(=O)O)cc[n+]3CC(=O)O)c3nc(c(-c4n(CC(=O)O)cc[n+]4CC(=O)O)c4ccc1[nH]4)C=C3)C=C2.[Fe+3]. The first-order valence-corrected chi connectivity index (χ1v) is 22.5. The molecule has 28 nitrogen and oxygen atoms in total. The van der Waals surface area contributed by atoms with Crippen LogP contribution in [-0.2, 0) is 108 Å². The summed E-state index contributed by atoms with van der Waals surface area (Å²) < 4.78 is 10.1. The molecule has 9 heterocycles. The summed E-state index contributed by atoms with van der Waals surface area (Å²) in [5, 5.41) is 81.0. The predicted octanol–water partition coefficient (Wildman–Crippen LogP) is 0.354. The van der Waals surface area contributed by atoms with Gasteiger partial charge >= 0.3 is 64.8 Å². The second-order valence-electron chi connectivity index (χ2n) is 17.2. The van der Waals surface area contributed by atoms with Gasteiger partial charge in [0.2, 0.25) is 0 Å². The van der Waals surface area contributed by atoms with E-state index in [9.17, 15) is 79.2 Å². The smallest absolute Gasteiger partial charge is 0.478 e. The standard InChI is InChI=1S/C48H38N12O16.Fe/c61-33(62)17-53-9-10-54(18-34(63)64)45(53)41-25-1-2-26(49-25)42(46-55(19-35(65)66)11-12-56(46)20-36(67)68)28-5-6-30(51-28)44(48-59(23-39(73)74)15-16-60(48)24-40(75)76)32-8-7-31(52-32)43(29-4-3-27(41)50-29)47-57(21-37(69)70)13-14-58(47)22-38(71)72;/h1-16H,17-24H2,(H6-3,49,50,51,52,61,62,63,64,65,66,67,68,69,70,71,72,73,74,75,76);/q;+3/p+4. The molecular weight excluding hydrogens is 1060 g/mol. The third-order valence-electron chi connectivity index (χ3n) is 12.0. The van der Waals surface area contributed by atoms with E-state index in [0.717, 1.165) is 0 Å². The number of aliphatic carboxylic acids is 8. The zero-order valence-electron chi connectivity index (χ0n) is 39.6. The number of nitrogens with zero attached hydrogens (tertiary/aromatic N) is 10. The van der Waals surface area contributed by atoms with Crippen molar-refractivity contribution in [3.63, 3.8) is 0 Å². The van der Waals surface area contributed by atoms with Gasteiger partial charge in [-0.15, -0.1) is 0 Å². The molecule has 7 aromatic rings. The average Bonchev–Trinajstić information content (AvgIpc) is 4.21. The first-order chi connectivity index (χ1) is 36.2. The van der Waals surface area contributed by atoms with Gasteiger partial charge in [-0.25, -0.2) is 84.9 Å². The van der Waals surface area contributed by atoms with E-state index in [-0.39, 0.29) is 107 Å². The van der Waals surface area contributed by atoms with Crippen molar-refractivity contribution >= 4 is 94.1 Å². The van der Waals surface area contributed by atoms with Crippen LogP contribution in [-0.4, -0.2) is 127 Å². The number of aromatic amines is 2. The minimum Gasteiger partial charge on any atom is -0.478 e. The molecule has 0 atom stereocenters. The summed E-state index contributed by atoms with van der Waals surface area (Å²) in [5.74, 6) is -10.5. The van der Waals surface area contributed by atoms with Crippen molar-refractivity contribution in [3.05, 3.63) is 96.6 Å². The number of aromatic nitrogens is 12. The fraction of sp³-hybridized carbons (Fsp3) is 0.167. The summed E-state index contributed by atoms with van der Waals surface area (Å²) in [5.41, 5.74) is 1.03. The molecule has 0 aromatic carbocycles. The van der Waals surface area contributed by atoms with Crippen LogP contribution in [0, 0.1) is 0 Å². The quantitative estimate of drug-likeness (QED) is 0.0364. The molecule has 0 saturated carbocycles. The van der Waals surface area contributed by atoms with Gasteiger partial charge in [-0.05, 0) is 48.6 Å².